The van der Waals surface area contributed by atoms with Crippen LogP contribution in [-0.2, 0) is 6.42 Å². The molecule has 8 amide bonds. The molecule has 0 aliphatic carbocycles. The van der Waals surface area contributed by atoms with Crippen molar-refractivity contribution in [2.24, 2.45) is 11.7 Å². The molecule has 0 bridgehead atoms. The first-order valence-corrected chi connectivity index (χ1v) is 15.4. The van der Waals surface area contributed by atoms with Crippen LogP contribution in [0.25, 0.3) is 10.9 Å². The van der Waals surface area contributed by atoms with Crippen LogP contribution in [0.2, 0.25) is 0 Å². The van der Waals surface area contributed by atoms with Crippen LogP contribution in [0, 0.1) is 5.92 Å². The van der Waals surface area contributed by atoms with E-state index in [9.17, 15) is 19.2 Å². The van der Waals surface area contributed by atoms with Gasteiger partial charge in [0.15, 0.2) is 0 Å². The van der Waals surface area contributed by atoms with E-state index in [1.54, 1.807) is 0 Å². The van der Waals surface area contributed by atoms with Crippen molar-refractivity contribution in [1.29, 1.82) is 0 Å². The molecule has 3 atom stereocenters. The molecule has 1 aromatic heterocycles. The maximum absolute atomic E-state index is 13.0. The number of rotatable bonds is 17. The fraction of sp³-hybridized carbons (Fsp3) is 0.600. The second-order valence-electron chi connectivity index (χ2n) is 11.5. The number of fused-ring (bicyclic) bond motifs is 1. The highest BCUT2D eigenvalue weighted by molar-refractivity contribution is 5.83. The van der Waals surface area contributed by atoms with Crippen molar-refractivity contribution in [2.45, 2.75) is 77.5 Å². The van der Waals surface area contributed by atoms with Crippen molar-refractivity contribution < 1.29 is 19.2 Å². The van der Waals surface area contributed by atoms with E-state index in [1.807, 2.05) is 58.2 Å². The predicted octanol–water partition coefficient (Wildman–Crippen LogP) is 1.84. The zero-order chi connectivity index (χ0) is 32.5. The monoisotopic (exact) mass is 616 g/mol. The van der Waals surface area contributed by atoms with Gasteiger partial charge in [0.05, 0.1) is 12.1 Å². The number of aromatic amines is 1. The number of aromatic nitrogens is 1. The summed E-state index contributed by atoms with van der Waals surface area (Å²) in [7, 11) is 1.53. The van der Waals surface area contributed by atoms with E-state index in [1.165, 1.54) is 7.05 Å². The molecule has 0 aliphatic rings. The van der Waals surface area contributed by atoms with Gasteiger partial charge in [-0.2, -0.15) is 0 Å². The molecule has 0 aliphatic heterocycles. The van der Waals surface area contributed by atoms with Crippen molar-refractivity contribution in [3.8, 4) is 0 Å². The third-order valence-corrected chi connectivity index (χ3v) is 7.09. The first kappa shape index (κ1) is 36.0. The number of hydrogen-bond donors (Lipinski definition) is 10. The lowest BCUT2D eigenvalue weighted by Crippen LogP contribution is -2.55. The number of para-hydroxylation sites is 1. The van der Waals surface area contributed by atoms with Gasteiger partial charge < -0.3 is 53.3 Å². The summed E-state index contributed by atoms with van der Waals surface area (Å²) in [5, 5.41) is 23.6. The summed E-state index contributed by atoms with van der Waals surface area (Å²) in [6, 6.07) is 5.42. The molecule has 14 heteroatoms. The molecule has 246 valence electrons. The van der Waals surface area contributed by atoms with Gasteiger partial charge in [-0.15, -0.1) is 0 Å². The minimum absolute atomic E-state index is 0.00560. The highest BCUT2D eigenvalue weighted by Gasteiger charge is 2.20. The molecule has 0 radical (unpaired) electrons. The average Bonchev–Trinajstić information content (AvgIpc) is 3.38. The minimum Gasteiger partial charge on any atom is -0.361 e. The summed E-state index contributed by atoms with van der Waals surface area (Å²) in [6.45, 7) is 8.86. The summed E-state index contributed by atoms with van der Waals surface area (Å²) < 4.78 is 0. The Labute approximate surface area is 260 Å². The van der Waals surface area contributed by atoms with Crippen LogP contribution in [0.4, 0.5) is 19.2 Å². The molecular formula is C30H52N10O4. The van der Waals surface area contributed by atoms with Gasteiger partial charge >= 0.3 is 24.1 Å². The van der Waals surface area contributed by atoms with Gasteiger partial charge in [0, 0.05) is 55.9 Å². The van der Waals surface area contributed by atoms with Crippen LogP contribution in [0.1, 0.15) is 52.5 Å². The van der Waals surface area contributed by atoms with E-state index >= 15 is 0 Å². The molecule has 0 saturated heterocycles. The Kier molecular flexibility index (Phi) is 15.7. The zero-order valence-electron chi connectivity index (χ0n) is 26.6. The first-order chi connectivity index (χ1) is 21.0. The number of urea groups is 4. The molecule has 14 nitrogen and oxygen atoms in total. The molecule has 0 fully saturated rings. The summed E-state index contributed by atoms with van der Waals surface area (Å²) >= 11 is 0. The van der Waals surface area contributed by atoms with Crippen molar-refractivity contribution in [1.82, 2.24) is 47.5 Å². The number of unbranched alkanes of at least 4 members (excludes halogenated alkanes) is 1. The second-order valence-corrected chi connectivity index (χ2v) is 11.5. The fourth-order valence-corrected chi connectivity index (χ4v) is 4.62. The quantitative estimate of drug-likeness (QED) is 0.120. The molecule has 2 aromatic rings. The SMILES string of the molecule is CNC(=O)NC[C@H](Cc1c[nH]c2ccccc12)NC(=O)NC[C@H](CCCCN)NC(=O)NC[C@@H](NC(=O)NC(C)C)C(C)C. The van der Waals surface area contributed by atoms with E-state index in [-0.39, 0.29) is 55.7 Å². The van der Waals surface area contributed by atoms with Crippen LogP contribution in [0.3, 0.4) is 0 Å². The van der Waals surface area contributed by atoms with E-state index in [4.69, 9.17) is 5.73 Å². The number of benzene rings is 1. The summed E-state index contributed by atoms with van der Waals surface area (Å²) in [5.41, 5.74) is 7.67. The first-order valence-electron chi connectivity index (χ1n) is 15.4. The average molecular weight is 617 g/mol. The standard InChI is InChI=1S/C30H52N10O4/c1-19(2)26(40-30(44)37-20(3)4)18-36-29(43)38-22(10-8-9-13-31)16-35-28(42)39-23(17-34-27(41)32-5)14-21-15-33-25-12-7-6-11-24(21)25/h6-7,11-12,15,19-20,22-23,26,33H,8-10,13-14,16-18,31H2,1-5H3,(H2,32,34,41)(H2,35,39,42)(H2,36,38,43)(H2,37,40,44)/t22-,23-,26+/m0/s1. The smallest absolute Gasteiger partial charge is 0.315 e. The Balaban J connectivity index is 1.97. The Morgan fingerprint density at radius 1 is 0.773 bits per heavy atom. The van der Waals surface area contributed by atoms with Gasteiger partial charge in [-0.05, 0) is 57.2 Å². The number of nitrogens with two attached hydrogens (primary N) is 1. The highest BCUT2D eigenvalue weighted by atomic mass is 16.2. The Morgan fingerprint density at radius 3 is 2.07 bits per heavy atom. The van der Waals surface area contributed by atoms with E-state index in [0.29, 0.717) is 19.4 Å². The van der Waals surface area contributed by atoms with Crippen molar-refractivity contribution in [2.75, 3.05) is 33.2 Å². The number of H-pyrrole nitrogens is 1. The van der Waals surface area contributed by atoms with E-state index in [0.717, 1.165) is 29.3 Å². The Morgan fingerprint density at radius 2 is 1.41 bits per heavy atom. The van der Waals surface area contributed by atoms with Gasteiger partial charge in [-0.25, -0.2) is 19.2 Å². The molecule has 1 aromatic carbocycles. The van der Waals surface area contributed by atoms with Crippen molar-refractivity contribution in [3.05, 3.63) is 36.0 Å². The van der Waals surface area contributed by atoms with Crippen LogP contribution in [-0.4, -0.2) is 86.5 Å². The van der Waals surface area contributed by atoms with Crippen LogP contribution in [0.15, 0.2) is 30.5 Å². The predicted molar refractivity (Wildman–Crippen MR) is 173 cm³/mol. The lowest BCUT2D eigenvalue weighted by Gasteiger charge is -2.25. The summed E-state index contributed by atoms with van der Waals surface area (Å²) in [4.78, 5) is 53.1. The minimum atomic E-state index is -0.417. The molecule has 2 rings (SSSR count). The number of nitrogens with one attached hydrogen (secondary N) is 9. The van der Waals surface area contributed by atoms with Gasteiger partial charge in [0.25, 0.3) is 0 Å². The molecule has 11 N–H and O–H groups in total. The van der Waals surface area contributed by atoms with E-state index in [2.05, 4.69) is 47.5 Å². The maximum Gasteiger partial charge on any atom is 0.315 e. The van der Waals surface area contributed by atoms with Crippen LogP contribution in [0.5, 0.6) is 0 Å². The van der Waals surface area contributed by atoms with Gasteiger partial charge in [0.1, 0.15) is 0 Å². The summed E-state index contributed by atoms with van der Waals surface area (Å²) in [6.07, 6.45) is 4.57. The van der Waals surface area contributed by atoms with E-state index < -0.39 is 18.1 Å². The number of amides is 8. The molecule has 0 spiro atoms. The third kappa shape index (κ3) is 13.4. The topological polar surface area (TPSA) is 206 Å². The number of hydrogen-bond acceptors (Lipinski definition) is 5. The van der Waals surface area contributed by atoms with Gasteiger partial charge in [-0.1, -0.05) is 38.5 Å². The zero-order valence-corrected chi connectivity index (χ0v) is 26.6. The lowest BCUT2D eigenvalue weighted by molar-refractivity contribution is 0.222. The third-order valence-electron chi connectivity index (χ3n) is 7.09. The van der Waals surface area contributed by atoms with Gasteiger partial charge in [0.2, 0.25) is 0 Å². The highest BCUT2D eigenvalue weighted by Crippen LogP contribution is 2.19. The Bertz CT molecular complexity index is 1190. The fourth-order valence-electron chi connectivity index (χ4n) is 4.62. The molecule has 0 saturated carbocycles. The van der Waals surface area contributed by atoms with Crippen molar-refractivity contribution >= 4 is 35.0 Å². The largest absolute Gasteiger partial charge is 0.361 e. The van der Waals surface area contributed by atoms with Crippen molar-refractivity contribution in [3.63, 3.8) is 0 Å². The van der Waals surface area contributed by atoms with Gasteiger partial charge in [-0.3, -0.25) is 0 Å². The molecule has 0 unspecified atom stereocenters. The molecule has 1 heterocycles. The number of carbonyl (C=O) groups excluding carboxylic acids is 4. The Hall–Kier alpha value is -4.20. The normalized spacial score (nSPS) is 13.1. The van der Waals surface area contributed by atoms with Crippen LogP contribution >= 0.6 is 0 Å². The number of carbonyl (C=O) groups is 4. The summed E-state index contributed by atoms with van der Waals surface area (Å²) in [5.74, 6) is 0.0917. The molecular weight excluding hydrogens is 564 g/mol. The lowest BCUT2D eigenvalue weighted by atomic mass is 10.0. The second kappa shape index (κ2) is 19.2. The van der Waals surface area contributed by atoms with Crippen LogP contribution < -0.4 is 48.3 Å². The maximum atomic E-state index is 13.0. The molecule has 44 heavy (non-hydrogen) atoms.